The summed E-state index contributed by atoms with van der Waals surface area (Å²) in [6.45, 7) is 2.12. The Bertz CT molecular complexity index is 539. The molecule has 2 amide bonds. The van der Waals surface area contributed by atoms with Crippen LogP contribution in [0.3, 0.4) is 0 Å². The third-order valence-electron chi connectivity index (χ3n) is 4.22. The van der Waals surface area contributed by atoms with Crippen LogP contribution in [0.1, 0.15) is 55.8 Å². The molecule has 0 spiro atoms. The van der Waals surface area contributed by atoms with Crippen molar-refractivity contribution in [1.82, 2.24) is 10.6 Å². The second-order valence-corrected chi connectivity index (χ2v) is 6.28. The minimum Gasteiger partial charge on any atom is -0.387 e. The number of aryl methyl sites for hydroxylation is 1. The normalized spacial score (nSPS) is 16.1. The Balaban J connectivity index is 1.65. The van der Waals surface area contributed by atoms with Gasteiger partial charge in [-0.05, 0) is 25.3 Å². The molecule has 1 fully saturated rings. The van der Waals surface area contributed by atoms with Gasteiger partial charge in [0.1, 0.15) is 0 Å². The van der Waals surface area contributed by atoms with Crippen LogP contribution in [0, 0.1) is 6.92 Å². The van der Waals surface area contributed by atoms with E-state index in [9.17, 15) is 14.7 Å². The molecule has 1 aliphatic carbocycles. The van der Waals surface area contributed by atoms with Crippen molar-refractivity contribution in [2.75, 3.05) is 6.54 Å². The predicted octanol–water partition coefficient (Wildman–Crippen LogP) is 1.98. The topological polar surface area (TPSA) is 78.4 Å². The van der Waals surface area contributed by atoms with E-state index in [4.69, 9.17) is 0 Å². The van der Waals surface area contributed by atoms with E-state index in [1.165, 1.54) is 12.8 Å². The van der Waals surface area contributed by atoms with E-state index in [1.54, 1.807) is 0 Å². The number of aliphatic hydroxyl groups excluding tert-OH is 1. The van der Waals surface area contributed by atoms with E-state index in [2.05, 4.69) is 10.6 Å². The zero-order chi connectivity index (χ0) is 16.7. The number of carbonyl (C=O) groups is 2. The molecule has 0 aliphatic heterocycles. The number of nitrogens with one attached hydrogen (secondary N) is 2. The standard InChI is InChI=1S/C18H26N2O3/c1-13-5-4-6-14(11-13)16(21)12-19-17(22)9-10-18(23)20-15-7-2-3-8-15/h4-6,11,15-16,21H,2-3,7-10,12H2,1H3,(H,19,22)(H,20,23). The lowest BCUT2D eigenvalue weighted by atomic mass is 10.1. The van der Waals surface area contributed by atoms with E-state index < -0.39 is 6.10 Å². The van der Waals surface area contributed by atoms with Gasteiger partial charge in [-0.2, -0.15) is 0 Å². The summed E-state index contributed by atoms with van der Waals surface area (Å²) < 4.78 is 0. The van der Waals surface area contributed by atoms with Crippen molar-refractivity contribution >= 4 is 11.8 Å². The van der Waals surface area contributed by atoms with Gasteiger partial charge in [-0.3, -0.25) is 9.59 Å². The maximum absolute atomic E-state index is 11.8. The maximum atomic E-state index is 11.8. The molecule has 2 rings (SSSR count). The minimum atomic E-state index is -0.730. The molecule has 0 aromatic heterocycles. The fourth-order valence-corrected chi connectivity index (χ4v) is 2.89. The summed E-state index contributed by atoms with van der Waals surface area (Å²) in [4.78, 5) is 23.5. The average molecular weight is 318 g/mol. The summed E-state index contributed by atoms with van der Waals surface area (Å²) in [5.41, 5.74) is 1.85. The molecular weight excluding hydrogens is 292 g/mol. The maximum Gasteiger partial charge on any atom is 0.220 e. The van der Waals surface area contributed by atoms with Crippen LogP contribution in [0.25, 0.3) is 0 Å². The van der Waals surface area contributed by atoms with Crippen LogP contribution in [0.15, 0.2) is 24.3 Å². The lowest BCUT2D eigenvalue weighted by Gasteiger charge is -2.14. The molecule has 5 heteroatoms. The van der Waals surface area contributed by atoms with Crippen molar-refractivity contribution in [2.45, 2.75) is 57.6 Å². The Morgan fingerprint density at radius 1 is 1.22 bits per heavy atom. The molecule has 1 unspecified atom stereocenters. The highest BCUT2D eigenvalue weighted by atomic mass is 16.3. The largest absolute Gasteiger partial charge is 0.387 e. The fraction of sp³-hybridized carbons (Fsp3) is 0.556. The molecule has 5 nitrogen and oxygen atoms in total. The second-order valence-electron chi connectivity index (χ2n) is 6.28. The molecule has 126 valence electrons. The van der Waals surface area contributed by atoms with Crippen LogP contribution in [0.5, 0.6) is 0 Å². The number of carbonyl (C=O) groups excluding carboxylic acids is 2. The summed E-state index contributed by atoms with van der Waals surface area (Å²) in [7, 11) is 0. The van der Waals surface area contributed by atoms with Gasteiger partial charge < -0.3 is 15.7 Å². The quantitative estimate of drug-likeness (QED) is 0.719. The minimum absolute atomic E-state index is 0.0636. The zero-order valence-electron chi connectivity index (χ0n) is 13.7. The molecule has 1 aliphatic rings. The van der Waals surface area contributed by atoms with Gasteiger partial charge in [0.15, 0.2) is 0 Å². The molecule has 1 aromatic rings. The van der Waals surface area contributed by atoms with Crippen LogP contribution >= 0.6 is 0 Å². The Labute approximate surface area is 137 Å². The molecule has 1 atom stereocenters. The Morgan fingerprint density at radius 3 is 2.61 bits per heavy atom. The van der Waals surface area contributed by atoms with Crippen LogP contribution in [-0.4, -0.2) is 29.5 Å². The first-order valence-electron chi connectivity index (χ1n) is 8.35. The summed E-state index contributed by atoms with van der Waals surface area (Å²) >= 11 is 0. The summed E-state index contributed by atoms with van der Waals surface area (Å²) in [5.74, 6) is -0.274. The number of rotatable bonds is 7. The monoisotopic (exact) mass is 318 g/mol. The van der Waals surface area contributed by atoms with E-state index in [1.807, 2.05) is 31.2 Å². The lowest BCUT2D eigenvalue weighted by molar-refractivity contribution is -0.127. The smallest absolute Gasteiger partial charge is 0.220 e. The molecule has 0 heterocycles. The molecule has 23 heavy (non-hydrogen) atoms. The predicted molar refractivity (Wildman–Crippen MR) is 88.8 cm³/mol. The van der Waals surface area contributed by atoms with Gasteiger partial charge in [-0.25, -0.2) is 0 Å². The highest BCUT2D eigenvalue weighted by Crippen LogP contribution is 2.17. The van der Waals surface area contributed by atoms with E-state index in [-0.39, 0.29) is 37.2 Å². The summed E-state index contributed by atoms with van der Waals surface area (Å²) in [5, 5.41) is 15.7. The van der Waals surface area contributed by atoms with Crippen molar-refractivity contribution in [3.8, 4) is 0 Å². The molecule has 1 saturated carbocycles. The first kappa shape index (κ1) is 17.5. The Morgan fingerprint density at radius 2 is 1.91 bits per heavy atom. The van der Waals surface area contributed by atoms with E-state index in [0.717, 1.165) is 24.0 Å². The van der Waals surface area contributed by atoms with Gasteiger partial charge in [0.05, 0.1) is 6.10 Å². The third kappa shape index (κ3) is 6.02. The zero-order valence-corrected chi connectivity index (χ0v) is 13.7. The number of amides is 2. The van der Waals surface area contributed by atoms with Gasteiger partial charge >= 0.3 is 0 Å². The highest BCUT2D eigenvalue weighted by molar-refractivity contribution is 5.83. The van der Waals surface area contributed by atoms with Gasteiger partial charge in [0.25, 0.3) is 0 Å². The van der Waals surface area contributed by atoms with Crippen LogP contribution < -0.4 is 10.6 Å². The van der Waals surface area contributed by atoms with E-state index in [0.29, 0.717) is 0 Å². The first-order valence-corrected chi connectivity index (χ1v) is 8.35. The third-order valence-corrected chi connectivity index (χ3v) is 4.22. The van der Waals surface area contributed by atoms with E-state index >= 15 is 0 Å². The fourth-order valence-electron chi connectivity index (χ4n) is 2.89. The Kier molecular flexibility index (Phi) is 6.59. The van der Waals surface area contributed by atoms with Gasteiger partial charge in [-0.15, -0.1) is 0 Å². The van der Waals surface area contributed by atoms with Crippen molar-refractivity contribution in [3.05, 3.63) is 35.4 Å². The lowest BCUT2D eigenvalue weighted by Crippen LogP contribution is -2.34. The molecular formula is C18H26N2O3. The van der Waals surface area contributed by atoms with Crippen molar-refractivity contribution in [1.29, 1.82) is 0 Å². The van der Waals surface area contributed by atoms with Crippen molar-refractivity contribution in [3.63, 3.8) is 0 Å². The van der Waals surface area contributed by atoms with Crippen LogP contribution in [0.4, 0.5) is 0 Å². The average Bonchev–Trinajstić information content (AvgIpc) is 3.03. The van der Waals surface area contributed by atoms with Gasteiger partial charge in [-0.1, -0.05) is 42.7 Å². The molecule has 0 saturated heterocycles. The van der Waals surface area contributed by atoms with Crippen molar-refractivity contribution in [2.24, 2.45) is 0 Å². The number of hydrogen-bond acceptors (Lipinski definition) is 3. The second kappa shape index (κ2) is 8.67. The first-order chi connectivity index (χ1) is 11.0. The molecule has 0 bridgehead atoms. The summed E-state index contributed by atoms with van der Waals surface area (Å²) in [6.07, 6.45) is 4.04. The summed E-state index contributed by atoms with van der Waals surface area (Å²) in [6, 6.07) is 7.85. The Hall–Kier alpha value is -1.88. The van der Waals surface area contributed by atoms with Crippen molar-refractivity contribution < 1.29 is 14.7 Å². The number of aliphatic hydroxyl groups is 1. The molecule has 0 radical (unpaired) electrons. The molecule has 3 N–H and O–H groups in total. The number of hydrogen-bond donors (Lipinski definition) is 3. The highest BCUT2D eigenvalue weighted by Gasteiger charge is 2.17. The number of benzene rings is 1. The van der Waals surface area contributed by atoms with Gasteiger partial charge in [0, 0.05) is 25.4 Å². The van der Waals surface area contributed by atoms with Crippen LogP contribution in [0.2, 0.25) is 0 Å². The van der Waals surface area contributed by atoms with Crippen LogP contribution in [-0.2, 0) is 9.59 Å². The SMILES string of the molecule is Cc1cccc(C(O)CNC(=O)CCC(=O)NC2CCCC2)c1. The van der Waals surface area contributed by atoms with Gasteiger partial charge in [0.2, 0.25) is 11.8 Å². The molecule has 1 aromatic carbocycles.